The Balaban J connectivity index is 1.45. The Labute approximate surface area is 223 Å². The van der Waals surface area contributed by atoms with Gasteiger partial charge >= 0.3 is 0 Å². The maximum Gasteiger partial charge on any atom is 0.136 e. The largest absolute Gasteiger partial charge is 0.456 e. The molecular weight excluding hydrogens is 474 g/mol. The van der Waals surface area contributed by atoms with Crippen molar-refractivity contribution >= 4 is 75.9 Å². The van der Waals surface area contributed by atoms with Crippen LogP contribution in [0.5, 0.6) is 0 Å². The third kappa shape index (κ3) is 2.83. The maximum absolute atomic E-state index is 6.28. The minimum Gasteiger partial charge on any atom is -0.456 e. The van der Waals surface area contributed by atoms with Crippen molar-refractivity contribution in [1.29, 1.82) is 0 Å². The summed E-state index contributed by atoms with van der Waals surface area (Å²) in [5, 5.41) is 13.4. The predicted molar refractivity (Wildman–Crippen MR) is 164 cm³/mol. The zero-order valence-electron chi connectivity index (χ0n) is 21.0. The SMILES string of the molecule is c1ccc2c(c1)nc(-c1ccc3c4ccccc4c4ccccc4c3c1)c1ccc3oc4ccccc4c3c12. The van der Waals surface area contributed by atoms with Crippen LogP contribution in [0.3, 0.4) is 0 Å². The van der Waals surface area contributed by atoms with Gasteiger partial charge in [0.05, 0.1) is 11.2 Å². The van der Waals surface area contributed by atoms with Crippen molar-refractivity contribution in [3.05, 3.63) is 127 Å². The number of pyridine rings is 1. The lowest BCUT2D eigenvalue weighted by Gasteiger charge is -2.14. The molecule has 39 heavy (non-hydrogen) atoms. The van der Waals surface area contributed by atoms with Crippen LogP contribution < -0.4 is 0 Å². The highest BCUT2D eigenvalue weighted by atomic mass is 16.3. The van der Waals surface area contributed by atoms with Crippen LogP contribution in [0.1, 0.15) is 0 Å². The summed E-state index contributed by atoms with van der Waals surface area (Å²) < 4.78 is 6.28. The number of furan rings is 1. The first-order valence-electron chi connectivity index (χ1n) is 13.3. The second-order valence-corrected chi connectivity index (χ2v) is 10.3. The third-order valence-corrected chi connectivity index (χ3v) is 8.22. The molecule has 2 heteroatoms. The Bertz CT molecular complexity index is 2410. The van der Waals surface area contributed by atoms with Gasteiger partial charge in [0.25, 0.3) is 0 Å². The van der Waals surface area contributed by atoms with E-state index in [4.69, 9.17) is 9.40 Å². The van der Waals surface area contributed by atoms with Gasteiger partial charge in [-0.3, -0.25) is 0 Å². The molecule has 2 nitrogen and oxygen atoms in total. The molecule has 0 aliphatic heterocycles. The van der Waals surface area contributed by atoms with E-state index >= 15 is 0 Å². The van der Waals surface area contributed by atoms with Crippen molar-refractivity contribution in [2.75, 3.05) is 0 Å². The van der Waals surface area contributed by atoms with Crippen LogP contribution in [0.15, 0.2) is 132 Å². The highest BCUT2D eigenvalue weighted by molar-refractivity contribution is 6.29. The van der Waals surface area contributed by atoms with Crippen LogP contribution >= 0.6 is 0 Å². The van der Waals surface area contributed by atoms with Crippen LogP contribution in [-0.4, -0.2) is 4.98 Å². The number of aromatic nitrogens is 1. The van der Waals surface area contributed by atoms with E-state index in [0.29, 0.717) is 0 Å². The van der Waals surface area contributed by atoms with Gasteiger partial charge in [-0.15, -0.1) is 0 Å². The molecule has 0 amide bonds. The first-order valence-corrected chi connectivity index (χ1v) is 13.3. The summed E-state index contributed by atoms with van der Waals surface area (Å²) in [6.45, 7) is 0. The zero-order valence-corrected chi connectivity index (χ0v) is 21.0. The van der Waals surface area contributed by atoms with Crippen LogP contribution in [0.25, 0.3) is 87.2 Å². The first kappa shape index (κ1) is 20.8. The van der Waals surface area contributed by atoms with Crippen molar-refractivity contribution in [3.8, 4) is 11.3 Å². The lowest BCUT2D eigenvalue weighted by Crippen LogP contribution is -1.91. The van der Waals surface area contributed by atoms with Crippen molar-refractivity contribution in [2.24, 2.45) is 0 Å². The van der Waals surface area contributed by atoms with Crippen LogP contribution in [0, 0.1) is 0 Å². The summed E-state index contributed by atoms with van der Waals surface area (Å²) >= 11 is 0. The second-order valence-electron chi connectivity index (χ2n) is 10.3. The van der Waals surface area contributed by atoms with Gasteiger partial charge in [-0.1, -0.05) is 97.1 Å². The van der Waals surface area contributed by atoms with Gasteiger partial charge < -0.3 is 4.42 Å². The molecule has 0 saturated heterocycles. The van der Waals surface area contributed by atoms with Gasteiger partial charge in [0.1, 0.15) is 11.2 Å². The van der Waals surface area contributed by atoms with E-state index in [1.807, 2.05) is 12.1 Å². The summed E-state index contributed by atoms with van der Waals surface area (Å²) in [4.78, 5) is 5.26. The normalized spacial score (nSPS) is 12.1. The van der Waals surface area contributed by atoms with E-state index in [1.165, 1.54) is 37.7 Å². The fourth-order valence-electron chi connectivity index (χ4n) is 6.53. The lowest BCUT2D eigenvalue weighted by atomic mass is 9.91. The molecule has 2 heterocycles. The van der Waals surface area contributed by atoms with Crippen molar-refractivity contribution < 1.29 is 4.42 Å². The zero-order chi connectivity index (χ0) is 25.5. The molecule has 2 aromatic heterocycles. The molecule has 0 aliphatic carbocycles. The Hall–Kier alpha value is -5.21. The maximum atomic E-state index is 6.28. The molecule has 0 aliphatic rings. The molecule has 0 spiro atoms. The quantitative estimate of drug-likeness (QED) is 0.212. The summed E-state index contributed by atoms with van der Waals surface area (Å²) in [5.41, 5.74) is 4.91. The smallest absolute Gasteiger partial charge is 0.136 e. The number of hydrogen-bond acceptors (Lipinski definition) is 2. The second kappa shape index (κ2) is 7.66. The molecule has 0 bridgehead atoms. The van der Waals surface area contributed by atoms with E-state index in [9.17, 15) is 0 Å². The Morgan fingerprint density at radius 3 is 1.69 bits per heavy atom. The molecule has 0 N–H and O–H groups in total. The molecular formula is C37H21NO. The third-order valence-electron chi connectivity index (χ3n) is 8.22. The van der Waals surface area contributed by atoms with Crippen molar-refractivity contribution in [1.82, 2.24) is 4.98 Å². The Kier molecular flexibility index (Phi) is 4.08. The van der Waals surface area contributed by atoms with Crippen LogP contribution in [-0.2, 0) is 0 Å². The Morgan fingerprint density at radius 1 is 0.385 bits per heavy atom. The van der Waals surface area contributed by atoms with E-state index in [0.717, 1.165) is 49.5 Å². The Morgan fingerprint density at radius 2 is 0.949 bits per heavy atom. The molecule has 9 rings (SSSR count). The number of fused-ring (bicyclic) bond motifs is 13. The molecule has 9 aromatic rings. The molecule has 0 fully saturated rings. The first-order chi connectivity index (χ1) is 19.3. The van der Waals surface area contributed by atoms with E-state index in [1.54, 1.807) is 0 Å². The van der Waals surface area contributed by atoms with E-state index < -0.39 is 0 Å². The summed E-state index contributed by atoms with van der Waals surface area (Å²) in [6, 6.07) is 45.3. The van der Waals surface area contributed by atoms with Gasteiger partial charge in [-0.25, -0.2) is 4.98 Å². The summed E-state index contributed by atoms with van der Waals surface area (Å²) in [7, 11) is 0. The number of nitrogens with zero attached hydrogens (tertiary/aromatic N) is 1. The van der Waals surface area contributed by atoms with Gasteiger partial charge in [-0.2, -0.15) is 0 Å². The molecule has 0 saturated carbocycles. The minimum atomic E-state index is 0.905. The monoisotopic (exact) mass is 495 g/mol. The number of rotatable bonds is 1. The fraction of sp³-hybridized carbons (Fsp3) is 0. The van der Waals surface area contributed by atoms with Crippen LogP contribution in [0.4, 0.5) is 0 Å². The van der Waals surface area contributed by atoms with Gasteiger partial charge in [0, 0.05) is 32.5 Å². The topological polar surface area (TPSA) is 26.0 Å². The standard InChI is InChI=1S/C37H21NO/c1-2-11-25-23(9-1)24-10-3-4-12-26(24)31-21-22(17-18-27(25)31)37-30-19-20-34-36(29-14-6-8-16-33(29)39-34)35(30)28-13-5-7-15-32(28)38-37/h1-21H. The summed E-state index contributed by atoms with van der Waals surface area (Å²) in [6.07, 6.45) is 0. The van der Waals surface area contributed by atoms with Crippen molar-refractivity contribution in [3.63, 3.8) is 0 Å². The molecule has 7 aromatic carbocycles. The number of para-hydroxylation sites is 2. The van der Waals surface area contributed by atoms with Gasteiger partial charge in [0.2, 0.25) is 0 Å². The number of benzene rings is 7. The lowest BCUT2D eigenvalue weighted by molar-refractivity contribution is 0.669. The minimum absolute atomic E-state index is 0.905. The molecule has 0 radical (unpaired) electrons. The van der Waals surface area contributed by atoms with Crippen molar-refractivity contribution in [2.45, 2.75) is 0 Å². The predicted octanol–water partition coefficient (Wildman–Crippen LogP) is 10.4. The molecule has 0 atom stereocenters. The van der Waals surface area contributed by atoms with Gasteiger partial charge in [-0.05, 0) is 62.6 Å². The van der Waals surface area contributed by atoms with E-state index in [-0.39, 0.29) is 0 Å². The van der Waals surface area contributed by atoms with E-state index in [2.05, 4.69) is 115 Å². The molecule has 180 valence electrons. The molecule has 0 unspecified atom stereocenters. The average molecular weight is 496 g/mol. The number of hydrogen-bond donors (Lipinski definition) is 0. The van der Waals surface area contributed by atoms with Gasteiger partial charge in [0.15, 0.2) is 0 Å². The van der Waals surface area contributed by atoms with Crippen LogP contribution in [0.2, 0.25) is 0 Å². The average Bonchev–Trinajstić information content (AvgIpc) is 3.39. The fourth-order valence-corrected chi connectivity index (χ4v) is 6.53. The summed E-state index contributed by atoms with van der Waals surface area (Å²) in [5.74, 6) is 0. The highest BCUT2D eigenvalue weighted by Gasteiger charge is 2.18. The highest BCUT2D eigenvalue weighted by Crippen LogP contribution is 2.42.